The van der Waals surface area contributed by atoms with Gasteiger partial charge in [0.1, 0.15) is 5.82 Å². The molecule has 0 bridgehead atoms. The van der Waals surface area contributed by atoms with Crippen molar-refractivity contribution in [1.29, 1.82) is 0 Å². The minimum Gasteiger partial charge on any atom is -0.326 e. The minimum absolute atomic E-state index is 0.0329. The molecule has 2 aliphatic carbocycles. The molecule has 0 saturated heterocycles. The van der Waals surface area contributed by atoms with Crippen molar-refractivity contribution in [3.05, 3.63) is 59.9 Å². The Bertz CT molecular complexity index is 870. The maximum absolute atomic E-state index is 13.8. The fourth-order valence-electron chi connectivity index (χ4n) is 3.93. The molecule has 0 radical (unpaired) electrons. The van der Waals surface area contributed by atoms with Crippen LogP contribution in [0.1, 0.15) is 44.1 Å². The summed E-state index contributed by atoms with van der Waals surface area (Å²) in [5.74, 6) is -0.281. The largest absolute Gasteiger partial charge is 0.326 e. The fourth-order valence-corrected chi connectivity index (χ4v) is 3.93. The van der Waals surface area contributed by atoms with E-state index in [-0.39, 0.29) is 23.5 Å². The molecule has 2 aromatic rings. The first-order valence-electron chi connectivity index (χ1n) is 9.55. The topological polar surface area (TPSA) is 58.2 Å². The van der Waals surface area contributed by atoms with Gasteiger partial charge in [0.15, 0.2) is 0 Å². The molecule has 2 N–H and O–H groups in total. The van der Waals surface area contributed by atoms with Gasteiger partial charge >= 0.3 is 0 Å². The van der Waals surface area contributed by atoms with E-state index in [0.29, 0.717) is 24.2 Å². The quantitative estimate of drug-likeness (QED) is 0.811. The summed E-state index contributed by atoms with van der Waals surface area (Å²) in [6.07, 6.45) is 5.19. The maximum atomic E-state index is 13.8. The van der Waals surface area contributed by atoms with Crippen molar-refractivity contribution in [2.45, 2.75) is 43.9 Å². The molecule has 27 heavy (non-hydrogen) atoms. The summed E-state index contributed by atoms with van der Waals surface area (Å²) < 4.78 is 13.8. The Morgan fingerprint density at radius 3 is 2.26 bits per heavy atom. The zero-order valence-corrected chi connectivity index (χ0v) is 15.1. The summed E-state index contributed by atoms with van der Waals surface area (Å²) in [6, 6.07) is 13.6. The standard InChI is InChI=1S/C22H23FN2O2/c23-17-6-3-5-16(13-17)22(11-1-2-12-22)21(27)25-19-8-4-7-18(14-19)24-20(26)15-9-10-15/h3-8,13-15H,1-2,9-12H2,(H,24,26)(H,25,27). The molecule has 0 spiro atoms. The zero-order chi connectivity index (χ0) is 18.9. The highest BCUT2D eigenvalue weighted by Gasteiger charge is 2.42. The molecule has 0 aromatic heterocycles. The van der Waals surface area contributed by atoms with Gasteiger partial charge in [-0.2, -0.15) is 0 Å². The van der Waals surface area contributed by atoms with Crippen LogP contribution in [0.3, 0.4) is 0 Å². The van der Waals surface area contributed by atoms with E-state index >= 15 is 0 Å². The number of benzene rings is 2. The lowest BCUT2D eigenvalue weighted by molar-refractivity contribution is -0.121. The van der Waals surface area contributed by atoms with Gasteiger partial charge in [0.05, 0.1) is 5.41 Å². The lowest BCUT2D eigenvalue weighted by Crippen LogP contribution is -2.38. The van der Waals surface area contributed by atoms with Crippen LogP contribution >= 0.6 is 0 Å². The van der Waals surface area contributed by atoms with Gasteiger partial charge in [0, 0.05) is 17.3 Å². The van der Waals surface area contributed by atoms with Gasteiger partial charge in [-0.1, -0.05) is 31.0 Å². The van der Waals surface area contributed by atoms with Crippen LogP contribution in [0.5, 0.6) is 0 Å². The molecule has 2 aromatic carbocycles. The van der Waals surface area contributed by atoms with Gasteiger partial charge < -0.3 is 10.6 Å². The molecule has 0 unspecified atom stereocenters. The summed E-state index contributed by atoms with van der Waals surface area (Å²) in [7, 11) is 0. The first kappa shape index (κ1) is 17.7. The van der Waals surface area contributed by atoms with E-state index in [1.165, 1.54) is 12.1 Å². The van der Waals surface area contributed by atoms with Gasteiger partial charge in [-0.3, -0.25) is 9.59 Å². The molecule has 0 heterocycles. The van der Waals surface area contributed by atoms with E-state index in [0.717, 1.165) is 31.2 Å². The van der Waals surface area contributed by atoms with E-state index in [4.69, 9.17) is 0 Å². The Balaban J connectivity index is 1.54. The van der Waals surface area contributed by atoms with Crippen molar-refractivity contribution in [2.75, 3.05) is 10.6 Å². The summed E-state index contributed by atoms with van der Waals surface area (Å²) in [4.78, 5) is 25.1. The van der Waals surface area contributed by atoms with Crippen LogP contribution < -0.4 is 10.6 Å². The first-order valence-corrected chi connectivity index (χ1v) is 9.55. The summed E-state index contributed by atoms with van der Waals surface area (Å²) in [6.45, 7) is 0. The van der Waals surface area contributed by atoms with Gasteiger partial charge in [0.2, 0.25) is 11.8 Å². The monoisotopic (exact) mass is 366 g/mol. The number of hydrogen-bond acceptors (Lipinski definition) is 2. The van der Waals surface area contributed by atoms with Crippen LogP contribution in [0.25, 0.3) is 0 Å². The molecule has 0 aliphatic heterocycles. The molecule has 0 atom stereocenters. The number of hydrogen-bond donors (Lipinski definition) is 2. The highest BCUT2D eigenvalue weighted by Crippen LogP contribution is 2.42. The Morgan fingerprint density at radius 1 is 0.926 bits per heavy atom. The van der Waals surface area contributed by atoms with Crippen molar-refractivity contribution in [3.63, 3.8) is 0 Å². The molecule has 2 amide bonds. The van der Waals surface area contributed by atoms with E-state index in [1.54, 1.807) is 18.2 Å². The molecule has 140 valence electrons. The van der Waals surface area contributed by atoms with E-state index in [1.807, 2.05) is 18.2 Å². The first-order chi connectivity index (χ1) is 13.1. The third-order valence-electron chi connectivity index (χ3n) is 5.61. The SMILES string of the molecule is O=C(Nc1cccc(NC(=O)C2(c3cccc(F)c3)CCCC2)c1)C1CC1. The average molecular weight is 366 g/mol. The number of halogens is 1. The lowest BCUT2D eigenvalue weighted by Gasteiger charge is -2.28. The molecule has 4 nitrogen and oxygen atoms in total. The molecular formula is C22H23FN2O2. The second kappa shape index (κ2) is 7.14. The van der Waals surface area contributed by atoms with Crippen LogP contribution in [0.4, 0.5) is 15.8 Å². The van der Waals surface area contributed by atoms with Gasteiger partial charge in [-0.05, 0) is 61.6 Å². The van der Waals surface area contributed by atoms with Gasteiger partial charge in [0.25, 0.3) is 0 Å². The van der Waals surface area contributed by atoms with Crippen LogP contribution in [0, 0.1) is 11.7 Å². The summed E-state index contributed by atoms with van der Waals surface area (Å²) in [5, 5.41) is 5.88. The van der Waals surface area contributed by atoms with Crippen molar-refractivity contribution >= 4 is 23.2 Å². The van der Waals surface area contributed by atoms with Crippen molar-refractivity contribution < 1.29 is 14.0 Å². The second-order valence-electron chi connectivity index (χ2n) is 7.60. The highest BCUT2D eigenvalue weighted by molar-refractivity contribution is 6.00. The van der Waals surface area contributed by atoms with Gasteiger partial charge in [-0.15, -0.1) is 0 Å². The zero-order valence-electron chi connectivity index (χ0n) is 15.1. The van der Waals surface area contributed by atoms with Crippen molar-refractivity contribution in [1.82, 2.24) is 0 Å². The van der Waals surface area contributed by atoms with Crippen LogP contribution in [-0.4, -0.2) is 11.8 Å². The third-order valence-corrected chi connectivity index (χ3v) is 5.61. The van der Waals surface area contributed by atoms with Crippen molar-refractivity contribution in [2.24, 2.45) is 5.92 Å². The smallest absolute Gasteiger partial charge is 0.235 e. The Labute approximate surface area is 158 Å². The maximum Gasteiger partial charge on any atom is 0.235 e. The molecule has 2 saturated carbocycles. The van der Waals surface area contributed by atoms with Crippen molar-refractivity contribution in [3.8, 4) is 0 Å². The highest BCUT2D eigenvalue weighted by atomic mass is 19.1. The number of carbonyl (C=O) groups excluding carboxylic acids is 2. The fraction of sp³-hybridized carbons (Fsp3) is 0.364. The molecule has 2 aliphatic rings. The molecular weight excluding hydrogens is 343 g/mol. The molecule has 5 heteroatoms. The molecule has 2 fully saturated rings. The van der Waals surface area contributed by atoms with Gasteiger partial charge in [-0.25, -0.2) is 4.39 Å². The summed E-state index contributed by atoms with van der Waals surface area (Å²) in [5.41, 5.74) is 1.35. The predicted octanol–water partition coefficient (Wildman–Crippen LogP) is 4.62. The number of anilines is 2. The number of amides is 2. The average Bonchev–Trinajstić information content (AvgIpc) is 3.39. The summed E-state index contributed by atoms with van der Waals surface area (Å²) >= 11 is 0. The second-order valence-corrected chi connectivity index (χ2v) is 7.60. The van der Waals surface area contributed by atoms with E-state index in [9.17, 15) is 14.0 Å². The number of nitrogens with one attached hydrogen (secondary N) is 2. The van der Waals surface area contributed by atoms with Crippen LogP contribution in [-0.2, 0) is 15.0 Å². The number of rotatable bonds is 5. The Morgan fingerprint density at radius 2 is 1.59 bits per heavy atom. The lowest BCUT2D eigenvalue weighted by atomic mass is 9.78. The minimum atomic E-state index is -0.699. The predicted molar refractivity (Wildman–Crippen MR) is 103 cm³/mol. The van der Waals surface area contributed by atoms with E-state index < -0.39 is 5.41 Å². The van der Waals surface area contributed by atoms with Crippen LogP contribution in [0.15, 0.2) is 48.5 Å². The van der Waals surface area contributed by atoms with Crippen LogP contribution in [0.2, 0.25) is 0 Å². The Hall–Kier alpha value is -2.69. The normalized spacial score (nSPS) is 18.1. The third kappa shape index (κ3) is 3.72. The Kier molecular flexibility index (Phi) is 4.68. The molecule has 4 rings (SSSR count). The number of carbonyl (C=O) groups is 2. The van der Waals surface area contributed by atoms with E-state index in [2.05, 4.69) is 10.6 Å².